The van der Waals surface area contributed by atoms with E-state index in [2.05, 4.69) is 10.1 Å². The number of amides is 1. The average Bonchev–Trinajstić information content (AvgIpc) is 2.57. The first-order valence-corrected chi connectivity index (χ1v) is 4.43. The zero-order chi connectivity index (χ0) is 10.1. The molecule has 1 aromatic rings. The van der Waals surface area contributed by atoms with Crippen LogP contribution in [-0.4, -0.2) is 12.7 Å². The Balaban J connectivity index is 0.00000112. The molecule has 0 unspecified atom stereocenters. The number of benzene rings is 1. The van der Waals surface area contributed by atoms with Gasteiger partial charge in [-0.25, -0.2) is 9.18 Å². The molecule has 1 aliphatic rings. The van der Waals surface area contributed by atoms with Crippen LogP contribution in [0.4, 0.5) is 9.18 Å². The van der Waals surface area contributed by atoms with Gasteiger partial charge in [-0.05, 0) is 11.6 Å². The maximum Gasteiger partial charge on any atom is 0.407 e. The SMILES string of the molecule is Cl.O=C1N[C@@H](c2cccc(F)c2Cl)CO1. The summed E-state index contributed by atoms with van der Waals surface area (Å²) in [6.07, 6.45) is -0.504. The highest BCUT2D eigenvalue weighted by Gasteiger charge is 2.26. The Hall–Kier alpha value is -1.000. The number of hydrogen-bond acceptors (Lipinski definition) is 2. The number of rotatable bonds is 1. The predicted molar refractivity (Wildman–Crippen MR) is 55.9 cm³/mol. The van der Waals surface area contributed by atoms with Gasteiger partial charge in [-0.3, -0.25) is 0 Å². The molecule has 2 rings (SSSR count). The molecule has 1 aliphatic heterocycles. The average molecular weight is 252 g/mol. The second-order valence-electron chi connectivity index (χ2n) is 2.94. The molecule has 6 heteroatoms. The number of carbonyl (C=O) groups is 1. The van der Waals surface area contributed by atoms with Gasteiger partial charge in [0.2, 0.25) is 0 Å². The van der Waals surface area contributed by atoms with Crippen molar-refractivity contribution in [3.63, 3.8) is 0 Å². The maximum atomic E-state index is 13.0. The molecule has 1 saturated heterocycles. The van der Waals surface area contributed by atoms with E-state index in [1.54, 1.807) is 12.1 Å². The fourth-order valence-corrected chi connectivity index (χ4v) is 1.60. The van der Waals surface area contributed by atoms with Gasteiger partial charge in [-0.2, -0.15) is 0 Å². The Bertz CT molecular complexity index is 386. The molecule has 1 heterocycles. The van der Waals surface area contributed by atoms with Crippen molar-refractivity contribution in [1.82, 2.24) is 5.32 Å². The van der Waals surface area contributed by atoms with Crippen LogP contribution in [0.1, 0.15) is 11.6 Å². The van der Waals surface area contributed by atoms with Crippen LogP contribution >= 0.6 is 24.0 Å². The van der Waals surface area contributed by atoms with Gasteiger partial charge in [0, 0.05) is 0 Å². The fraction of sp³-hybridized carbons (Fsp3) is 0.222. The Morgan fingerprint density at radius 1 is 1.53 bits per heavy atom. The second kappa shape index (κ2) is 4.68. The summed E-state index contributed by atoms with van der Waals surface area (Å²) in [7, 11) is 0. The molecule has 1 aromatic carbocycles. The van der Waals surface area contributed by atoms with Crippen LogP contribution in [0, 0.1) is 5.82 Å². The molecule has 82 valence electrons. The topological polar surface area (TPSA) is 38.3 Å². The summed E-state index contributed by atoms with van der Waals surface area (Å²) in [5.41, 5.74) is 0.539. The molecule has 0 aliphatic carbocycles. The number of cyclic esters (lactones) is 1. The molecular formula is C9H8Cl2FNO2. The molecule has 0 bridgehead atoms. The second-order valence-corrected chi connectivity index (χ2v) is 3.32. The summed E-state index contributed by atoms with van der Waals surface area (Å²) >= 11 is 5.74. The highest BCUT2D eigenvalue weighted by atomic mass is 35.5. The lowest BCUT2D eigenvalue weighted by Crippen LogP contribution is -2.18. The van der Waals surface area contributed by atoms with E-state index in [0.29, 0.717) is 5.56 Å². The van der Waals surface area contributed by atoms with Gasteiger partial charge in [0.1, 0.15) is 12.4 Å². The minimum absolute atomic E-state index is 0. The van der Waals surface area contributed by atoms with Crippen LogP contribution in [0.15, 0.2) is 18.2 Å². The van der Waals surface area contributed by atoms with Crippen LogP contribution in [0.3, 0.4) is 0 Å². The fourth-order valence-electron chi connectivity index (χ4n) is 1.34. The third-order valence-electron chi connectivity index (χ3n) is 2.03. The van der Waals surface area contributed by atoms with Crippen molar-refractivity contribution in [2.45, 2.75) is 6.04 Å². The number of halogens is 3. The molecule has 0 spiro atoms. The predicted octanol–water partition coefficient (Wildman–Crippen LogP) is 2.68. The van der Waals surface area contributed by atoms with Crippen LogP contribution in [0.2, 0.25) is 5.02 Å². The first-order chi connectivity index (χ1) is 6.68. The van der Waals surface area contributed by atoms with Crippen LogP contribution < -0.4 is 5.32 Å². The standard InChI is InChI=1S/C9H7ClFNO2.ClH/c10-8-5(2-1-3-6(8)11)7-4-14-9(13)12-7;/h1-3,7H,4H2,(H,12,13);1H/t7-;/m1./s1. The Morgan fingerprint density at radius 2 is 2.27 bits per heavy atom. The third-order valence-corrected chi connectivity index (χ3v) is 2.43. The molecular weight excluding hydrogens is 244 g/mol. The van der Waals surface area contributed by atoms with Crippen molar-refractivity contribution in [3.05, 3.63) is 34.6 Å². The lowest BCUT2D eigenvalue weighted by molar-refractivity contribution is 0.177. The Kier molecular flexibility index (Phi) is 3.77. The van der Waals surface area contributed by atoms with E-state index in [9.17, 15) is 9.18 Å². The molecule has 1 amide bonds. The minimum Gasteiger partial charge on any atom is -0.447 e. The largest absolute Gasteiger partial charge is 0.447 e. The van der Waals surface area contributed by atoms with Crippen molar-refractivity contribution >= 4 is 30.1 Å². The summed E-state index contributed by atoms with van der Waals surface area (Å²) in [6.45, 7) is 0.183. The van der Waals surface area contributed by atoms with Crippen molar-refractivity contribution in [3.8, 4) is 0 Å². The van der Waals surface area contributed by atoms with Crippen LogP contribution in [0.25, 0.3) is 0 Å². The zero-order valence-corrected chi connectivity index (χ0v) is 9.07. The van der Waals surface area contributed by atoms with E-state index in [-0.39, 0.29) is 30.1 Å². The molecule has 1 N–H and O–H groups in total. The van der Waals surface area contributed by atoms with E-state index < -0.39 is 11.9 Å². The van der Waals surface area contributed by atoms with Crippen molar-refractivity contribution < 1.29 is 13.9 Å². The summed E-state index contributed by atoms with van der Waals surface area (Å²) in [4.78, 5) is 10.8. The maximum absolute atomic E-state index is 13.0. The van der Waals surface area contributed by atoms with Crippen molar-refractivity contribution in [1.29, 1.82) is 0 Å². The Morgan fingerprint density at radius 3 is 2.87 bits per heavy atom. The molecule has 0 radical (unpaired) electrons. The van der Waals surface area contributed by atoms with E-state index in [1.807, 2.05) is 0 Å². The quantitative estimate of drug-likeness (QED) is 0.834. The summed E-state index contributed by atoms with van der Waals surface area (Å²) in [6, 6.07) is 4.11. The number of nitrogens with one attached hydrogen (secondary N) is 1. The zero-order valence-electron chi connectivity index (χ0n) is 7.50. The number of alkyl carbamates (subject to hydrolysis) is 1. The van der Waals surface area contributed by atoms with Crippen molar-refractivity contribution in [2.24, 2.45) is 0 Å². The highest BCUT2D eigenvalue weighted by Crippen LogP contribution is 2.27. The molecule has 15 heavy (non-hydrogen) atoms. The Labute approximate surface area is 97.0 Å². The minimum atomic E-state index is -0.504. The summed E-state index contributed by atoms with van der Waals surface area (Å²) < 4.78 is 17.7. The van der Waals surface area contributed by atoms with Crippen LogP contribution in [-0.2, 0) is 4.74 Å². The van der Waals surface area contributed by atoms with Crippen molar-refractivity contribution in [2.75, 3.05) is 6.61 Å². The van der Waals surface area contributed by atoms with E-state index in [0.717, 1.165) is 0 Å². The van der Waals surface area contributed by atoms with Gasteiger partial charge in [-0.1, -0.05) is 23.7 Å². The van der Waals surface area contributed by atoms with E-state index in [4.69, 9.17) is 11.6 Å². The third kappa shape index (κ3) is 2.33. The molecule has 0 saturated carbocycles. The lowest BCUT2D eigenvalue weighted by atomic mass is 10.1. The number of carbonyl (C=O) groups excluding carboxylic acids is 1. The molecule has 3 nitrogen and oxygen atoms in total. The highest BCUT2D eigenvalue weighted by molar-refractivity contribution is 6.31. The molecule has 0 aromatic heterocycles. The summed E-state index contributed by atoms with van der Waals surface area (Å²) in [5, 5.41) is 2.56. The van der Waals surface area contributed by atoms with Crippen LogP contribution in [0.5, 0.6) is 0 Å². The monoisotopic (exact) mass is 251 g/mol. The smallest absolute Gasteiger partial charge is 0.407 e. The van der Waals surface area contributed by atoms with Gasteiger partial charge in [0.25, 0.3) is 0 Å². The molecule has 1 fully saturated rings. The number of hydrogen-bond donors (Lipinski definition) is 1. The van der Waals surface area contributed by atoms with Gasteiger partial charge in [-0.15, -0.1) is 12.4 Å². The van der Waals surface area contributed by atoms with Gasteiger partial charge >= 0.3 is 6.09 Å². The first-order valence-electron chi connectivity index (χ1n) is 4.05. The molecule has 1 atom stereocenters. The lowest BCUT2D eigenvalue weighted by Gasteiger charge is -2.09. The normalized spacial score (nSPS) is 19.1. The first kappa shape index (κ1) is 12.1. The summed E-state index contributed by atoms with van der Waals surface area (Å²) in [5.74, 6) is -0.495. The van der Waals surface area contributed by atoms with Gasteiger partial charge < -0.3 is 10.1 Å². The van der Waals surface area contributed by atoms with Gasteiger partial charge in [0.05, 0.1) is 11.1 Å². The van der Waals surface area contributed by atoms with Gasteiger partial charge in [0.15, 0.2) is 0 Å². The van der Waals surface area contributed by atoms with E-state index in [1.165, 1.54) is 6.07 Å². The van der Waals surface area contributed by atoms with E-state index >= 15 is 0 Å². The number of ether oxygens (including phenoxy) is 1.